The lowest BCUT2D eigenvalue weighted by Gasteiger charge is -2.00. The van der Waals surface area contributed by atoms with Crippen LogP contribution in [0.25, 0.3) is 0 Å². The van der Waals surface area contributed by atoms with Crippen molar-refractivity contribution in [3.05, 3.63) is 41.3 Å². The average molecular weight is 156 g/mol. The monoisotopic (exact) mass is 155 g/mol. The first-order valence-electron chi connectivity index (χ1n) is 2.95. The predicted octanol–water partition coefficient (Wildman–Crippen LogP) is 2.01. The second-order valence-corrected chi connectivity index (χ2v) is 2.51. The zero-order valence-corrected chi connectivity index (χ0v) is 6.23. The SMILES string of the molecule is [CH2]c1ccc(Cl)cc1CO. The highest BCUT2D eigenvalue weighted by molar-refractivity contribution is 6.30. The van der Waals surface area contributed by atoms with Gasteiger partial charge in [-0.3, -0.25) is 0 Å². The molecule has 0 unspecified atom stereocenters. The zero-order valence-electron chi connectivity index (χ0n) is 5.47. The molecule has 53 valence electrons. The van der Waals surface area contributed by atoms with Crippen molar-refractivity contribution in [1.82, 2.24) is 0 Å². The summed E-state index contributed by atoms with van der Waals surface area (Å²) in [4.78, 5) is 0. The molecule has 0 spiro atoms. The molecule has 2 heteroatoms. The molecule has 0 aliphatic carbocycles. The van der Waals surface area contributed by atoms with Gasteiger partial charge in [0.25, 0.3) is 0 Å². The third kappa shape index (κ3) is 1.49. The van der Waals surface area contributed by atoms with E-state index in [2.05, 4.69) is 6.92 Å². The maximum atomic E-state index is 8.74. The summed E-state index contributed by atoms with van der Waals surface area (Å²) in [6, 6.07) is 5.25. The van der Waals surface area contributed by atoms with Gasteiger partial charge < -0.3 is 5.11 Å². The fourth-order valence-corrected chi connectivity index (χ4v) is 0.936. The van der Waals surface area contributed by atoms with E-state index >= 15 is 0 Å². The standard InChI is InChI=1S/C8H8ClO/c1-6-2-3-8(9)4-7(6)5-10/h2-4,10H,1,5H2. The van der Waals surface area contributed by atoms with Crippen molar-refractivity contribution in [3.8, 4) is 0 Å². The number of aliphatic hydroxyl groups is 1. The van der Waals surface area contributed by atoms with E-state index in [1.165, 1.54) is 0 Å². The molecule has 0 fully saturated rings. The lowest BCUT2D eigenvalue weighted by molar-refractivity contribution is 0.281. The van der Waals surface area contributed by atoms with Crippen LogP contribution in [-0.4, -0.2) is 5.11 Å². The molecule has 1 rings (SSSR count). The maximum absolute atomic E-state index is 8.74. The van der Waals surface area contributed by atoms with Gasteiger partial charge in [0.05, 0.1) is 6.61 Å². The first-order chi connectivity index (χ1) is 4.74. The van der Waals surface area contributed by atoms with Gasteiger partial charge in [-0.1, -0.05) is 17.7 Å². The van der Waals surface area contributed by atoms with Crippen LogP contribution in [0.4, 0.5) is 0 Å². The van der Waals surface area contributed by atoms with Crippen LogP contribution in [0.2, 0.25) is 5.02 Å². The van der Waals surface area contributed by atoms with E-state index in [4.69, 9.17) is 16.7 Å². The highest BCUT2D eigenvalue weighted by Crippen LogP contribution is 2.14. The fourth-order valence-electron chi connectivity index (χ4n) is 0.742. The molecule has 0 saturated heterocycles. The lowest BCUT2D eigenvalue weighted by Crippen LogP contribution is -1.86. The first-order valence-corrected chi connectivity index (χ1v) is 3.33. The Balaban J connectivity index is 3.09. The van der Waals surface area contributed by atoms with Crippen LogP contribution in [0.15, 0.2) is 18.2 Å². The number of hydrogen-bond donors (Lipinski definition) is 1. The second kappa shape index (κ2) is 3.04. The highest BCUT2D eigenvalue weighted by atomic mass is 35.5. The van der Waals surface area contributed by atoms with Crippen LogP contribution in [0, 0.1) is 6.92 Å². The van der Waals surface area contributed by atoms with E-state index < -0.39 is 0 Å². The van der Waals surface area contributed by atoms with Crippen molar-refractivity contribution >= 4 is 11.6 Å². The predicted molar refractivity (Wildman–Crippen MR) is 41.8 cm³/mol. The summed E-state index contributed by atoms with van der Waals surface area (Å²) in [7, 11) is 0. The van der Waals surface area contributed by atoms with Crippen molar-refractivity contribution < 1.29 is 5.11 Å². The van der Waals surface area contributed by atoms with Crippen molar-refractivity contribution in [2.24, 2.45) is 0 Å². The summed E-state index contributed by atoms with van der Waals surface area (Å²) in [5, 5.41) is 9.38. The minimum atomic E-state index is -0.000602. The van der Waals surface area contributed by atoms with Crippen molar-refractivity contribution in [3.63, 3.8) is 0 Å². The van der Waals surface area contributed by atoms with E-state index in [9.17, 15) is 0 Å². The van der Waals surface area contributed by atoms with Crippen LogP contribution in [0.3, 0.4) is 0 Å². The Morgan fingerprint density at radius 1 is 1.50 bits per heavy atom. The largest absolute Gasteiger partial charge is 0.392 e. The van der Waals surface area contributed by atoms with E-state index in [1.54, 1.807) is 18.2 Å². The molecule has 1 radical (unpaired) electrons. The van der Waals surface area contributed by atoms with Crippen molar-refractivity contribution in [2.75, 3.05) is 0 Å². The van der Waals surface area contributed by atoms with E-state index in [0.717, 1.165) is 11.1 Å². The quantitative estimate of drug-likeness (QED) is 0.658. The topological polar surface area (TPSA) is 20.2 Å². The molecule has 0 aliphatic heterocycles. The fraction of sp³-hybridized carbons (Fsp3) is 0.125. The van der Waals surface area contributed by atoms with Crippen LogP contribution >= 0.6 is 11.6 Å². The Kier molecular flexibility index (Phi) is 2.30. The van der Waals surface area contributed by atoms with Gasteiger partial charge in [-0.15, -0.1) is 0 Å². The van der Waals surface area contributed by atoms with Gasteiger partial charge in [0.1, 0.15) is 0 Å². The summed E-state index contributed by atoms with van der Waals surface area (Å²) < 4.78 is 0. The minimum absolute atomic E-state index is 0.000602. The lowest BCUT2D eigenvalue weighted by atomic mass is 10.1. The normalized spacial score (nSPS) is 9.90. The molecule has 0 aromatic heterocycles. The number of hydrogen-bond acceptors (Lipinski definition) is 1. The number of rotatable bonds is 1. The summed E-state index contributed by atoms with van der Waals surface area (Å²) in [6.07, 6.45) is 0. The molecule has 0 atom stereocenters. The number of aliphatic hydroxyl groups excluding tert-OH is 1. The third-order valence-electron chi connectivity index (χ3n) is 1.34. The molecule has 0 saturated carbocycles. The van der Waals surface area contributed by atoms with E-state index in [0.29, 0.717) is 5.02 Å². The maximum Gasteiger partial charge on any atom is 0.0685 e. The van der Waals surface area contributed by atoms with E-state index in [-0.39, 0.29) is 6.61 Å². The van der Waals surface area contributed by atoms with Crippen LogP contribution in [0.5, 0.6) is 0 Å². The van der Waals surface area contributed by atoms with E-state index in [1.807, 2.05) is 0 Å². The minimum Gasteiger partial charge on any atom is -0.392 e. The van der Waals surface area contributed by atoms with Gasteiger partial charge in [-0.05, 0) is 30.2 Å². The van der Waals surface area contributed by atoms with Crippen LogP contribution in [0.1, 0.15) is 11.1 Å². The summed E-state index contributed by atoms with van der Waals surface area (Å²) in [6.45, 7) is 3.71. The van der Waals surface area contributed by atoms with Gasteiger partial charge in [0.15, 0.2) is 0 Å². The van der Waals surface area contributed by atoms with Gasteiger partial charge >= 0.3 is 0 Å². The Bertz CT molecular complexity index is 233. The molecule has 1 aromatic carbocycles. The van der Waals surface area contributed by atoms with Gasteiger partial charge in [-0.2, -0.15) is 0 Å². The zero-order chi connectivity index (χ0) is 7.56. The molecule has 0 aliphatic rings. The summed E-state index contributed by atoms with van der Waals surface area (Å²) >= 11 is 5.66. The first kappa shape index (κ1) is 7.58. The molecular formula is C8H8ClO. The number of halogens is 1. The molecule has 0 bridgehead atoms. The third-order valence-corrected chi connectivity index (χ3v) is 1.57. The summed E-state index contributed by atoms with van der Waals surface area (Å²) in [5.74, 6) is 0. The molecule has 1 nitrogen and oxygen atoms in total. The van der Waals surface area contributed by atoms with Gasteiger partial charge in [-0.25, -0.2) is 0 Å². The Hall–Kier alpha value is -0.530. The smallest absolute Gasteiger partial charge is 0.0685 e. The Labute approximate surface area is 65.3 Å². The number of benzene rings is 1. The Morgan fingerprint density at radius 3 is 2.70 bits per heavy atom. The molecule has 10 heavy (non-hydrogen) atoms. The second-order valence-electron chi connectivity index (χ2n) is 2.07. The average Bonchev–Trinajstić information content (AvgIpc) is 1.94. The van der Waals surface area contributed by atoms with Crippen LogP contribution < -0.4 is 0 Å². The van der Waals surface area contributed by atoms with Crippen molar-refractivity contribution in [2.45, 2.75) is 6.61 Å². The van der Waals surface area contributed by atoms with Gasteiger partial charge in [0.2, 0.25) is 0 Å². The molecular weight excluding hydrogens is 148 g/mol. The molecule has 0 heterocycles. The highest BCUT2D eigenvalue weighted by Gasteiger charge is 1.95. The molecule has 1 N–H and O–H groups in total. The summed E-state index contributed by atoms with van der Waals surface area (Å²) in [5.41, 5.74) is 1.61. The Morgan fingerprint density at radius 2 is 2.20 bits per heavy atom. The van der Waals surface area contributed by atoms with Crippen LogP contribution in [-0.2, 0) is 6.61 Å². The molecule has 0 amide bonds. The van der Waals surface area contributed by atoms with Crippen molar-refractivity contribution in [1.29, 1.82) is 0 Å². The van der Waals surface area contributed by atoms with Gasteiger partial charge in [0, 0.05) is 5.02 Å². The molecule has 1 aromatic rings.